The van der Waals surface area contributed by atoms with E-state index in [-0.39, 0.29) is 11.7 Å². The number of benzene rings is 3. The van der Waals surface area contributed by atoms with Gasteiger partial charge >= 0.3 is 6.18 Å². The lowest BCUT2D eigenvalue weighted by atomic mass is 10.1. The molecule has 28 heavy (non-hydrogen) atoms. The van der Waals surface area contributed by atoms with Gasteiger partial charge in [-0.25, -0.2) is 0 Å². The van der Waals surface area contributed by atoms with Gasteiger partial charge in [0, 0.05) is 5.69 Å². The van der Waals surface area contributed by atoms with Crippen molar-refractivity contribution in [3.8, 4) is 11.5 Å². The number of hydrogen-bond acceptors (Lipinski definition) is 2. The molecule has 0 aliphatic rings. The molecule has 0 atom stereocenters. The second-order valence-corrected chi connectivity index (χ2v) is 6.50. The summed E-state index contributed by atoms with van der Waals surface area (Å²) in [5.41, 5.74) is 0.501. The Hall–Kier alpha value is -2.99. The lowest BCUT2D eigenvalue weighted by Gasteiger charge is -2.12. The van der Waals surface area contributed by atoms with E-state index in [0.29, 0.717) is 27.6 Å². The molecular weight excluding hydrogens is 391 g/mol. The van der Waals surface area contributed by atoms with Crippen LogP contribution in [0.25, 0.3) is 0 Å². The number of ether oxygens (including phenoxy) is 1. The lowest BCUT2D eigenvalue weighted by Crippen LogP contribution is -2.12. The molecule has 0 unspecified atom stereocenters. The summed E-state index contributed by atoms with van der Waals surface area (Å²) in [5, 5.41) is 3.03. The minimum Gasteiger partial charge on any atom is -0.457 e. The summed E-state index contributed by atoms with van der Waals surface area (Å²) in [6.07, 6.45) is -4.45. The third kappa shape index (κ3) is 4.84. The summed E-state index contributed by atoms with van der Waals surface area (Å²) >= 11 is 6.00. The maximum Gasteiger partial charge on any atom is 0.416 e. The normalized spacial score (nSPS) is 11.2. The molecular formula is C21H15ClF3NO2. The van der Waals surface area contributed by atoms with Gasteiger partial charge in [-0.3, -0.25) is 4.79 Å². The Morgan fingerprint density at radius 1 is 0.964 bits per heavy atom. The number of aryl methyl sites for hydroxylation is 1. The Labute approximate surface area is 164 Å². The predicted octanol–water partition coefficient (Wildman–Crippen LogP) is 6.71. The zero-order valence-electron chi connectivity index (χ0n) is 14.7. The number of amides is 1. The largest absolute Gasteiger partial charge is 0.457 e. The van der Waals surface area contributed by atoms with Crippen LogP contribution in [0.3, 0.4) is 0 Å². The summed E-state index contributed by atoms with van der Waals surface area (Å²) in [7, 11) is 0. The van der Waals surface area contributed by atoms with E-state index in [1.54, 1.807) is 55.5 Å². The van der Waals surface area contributed by atoms with E-state index in [9.17, 15) is 18.0 Å². The van der Waals surface area contributed by atoms with Crippen LogP contribution in [0.5, 0.6) is 11.5 Å². The molecule has 3 nitrogen and oxygen atoms in total. The highest BCUT2D eigenvalue weighted by Crippen LogP contribution is 2.34. The van der Waals surface area contributed by atoms with Gasteiger partial charge in [0.05, 0.1) is 16.1 Å². The lowest BCUT2D eigenvalue weighted by molar-refractivity contribution is -0.137. The van der Waals surface area contributed by atoms with Crippen molar-refractivity contribution < 1.29 is 22.7 Å². The topological polar surface area (TPSA) is 38.3 Å². The average Bonchev–Trinajstić information content (AvgIpc) is 2.62. The van der Waals surface area contributed by atoms with Gasteiger partial charge in [-0.1, -0.05) is 23.7 Å². The standard InChI is InChI=1S/C21H15ClF3NO2/c1-13-10-14(21(23,24)25)12-17(11-13)28-16-8-6-15(7-9-16)26-20(27)18-4-2-3-5-19(18)22/h2-12H,1H3,(H,26,27). The SMILES string of the molecule is Cc1cc(Oc2ccc(NC(=O)c3ccccc3Cl)cc2)cc(C(F)(F)F)c1. The number of carbonyl (C=O) groups is 1. The number of hydrogen-bond donors (Lipinski definition) is 1. The van der Waals surface area contributed by atoms with E-state index < -0.39 is 11.7 Å². The third-order valence-corrected chi connectivity index (χ3v) is 4.17. The van der Waals surface area contributed by atoms with E-state index in [1.807, 2.05) is 0 Å². The van der Waals surface area contributed by atoms with Crippen LogP contribution in [-0.2, 0) is 6.18 Å². The number of halogens is 4. The smallest absolute Gasteiger partial charge is 0.416 e. The first-order valence-corrected chi connectivity index (χ1v) is 8.63. The molecule has 0 saturated heterocycles. The van der Waals surface area contributed by atoms with Crippen molar-refractivity contribution in [2.24, 2.45) is 0 Å². The highest BCUT2D eigenvalue weighted by molar-refractivity contribution is 6.34. The van der Waals surface area contributed by atoms with Crippen molar-refractivity contribution in [1.82, 2.24) is 0 Å². The summed E-state index contributed by atoms with van der Waals surface area (Å²) in [4.78, 5) is 12.2. The van der Waals surface area contributed by atoms with Crippen LogP contribution in [0.4, 0.5) is 18.9 Å². The molecule has 3 aromatic rings. The zero-order valence-corrected chi connectivity index (χ0v) is 15.4. The maximum absolute atomic E-state index is 12.9. The summed E-state index contributed by atoms with van der Waals surface area (Å²) in [6.45, 7) is 1.56. The van der Waals surface area contributed by atoms with E-state index >= 15 is 0 Å². The van der Waals surface area contributed by atoms with Crippen LogP contribution in [0.2, 0.25) is 5.02 Å². The summed E-state index contributed by atoms with van der Waals surface area (Å²) in [6, 6.07) is 16.4. The fourth-order valence-electron chi connectivity index (χ4n) is 2.56. The third-order valence-electron chi connectivity index (χ3n) is 3.84. The number of rotatable bonds is 4. The first kappa shape index (κ1) is 19.8. The minimum atomic E-state index is -4.45. The van der Waals surface area contributed by atoms with Crippen molar-refractivity contribution in [2.45, 2.75) is 13.1 Å². The van der Waals surface area contributed by atoms with Gasteiger partial charge in [0.2, 0.25) is 0 Å². The molecule has 7 heteroatoms. The van der Waals surface area contributed by atoms with Crippen LogP contribution in [0.1, 0.15) is 21.5 Å². The highest BCUT2D eigenvalue weighted by Gasteiger charge is 2.31. The summed E-state index contributed by atoms with van der Waals surface area (Å²) in [5.74, 6) is 0.0578. The average molecular weight is 406 g/mol. The number of anilines is 1. The molecule has 0 spiro atoms. The highest BCUT2D eigenvalue weighted by atomic mass is 35.5. The monoisotopic (exact) mass is 405 g/mol. The molecule has 1 amide bonds. The van der Waals surface area contributed by atoms with Gasteiger partial charge in [-0.2, -0.15) is 13.2 Å². The van der Waals surface area contributed by atoms with Gasteiger partial charge in [-0.15, -0.1) is 0 Å². The van der Waals surface area contributed by atoms with Crippen LogP contribution < -0.4 is 10.1 Å². The molecule has 0 aromatic heterocycles. The van der Waals surface area contributed by atoms with E-state index in [2.05, 4.69) is 5.32 Å². The van der Waals surface area contributed by atoms with Gasteiger partial charge < -0.3 is 10.1 Å². The fraction of sp³-hybridized carbons (Fsp3) is 0.0952. The van der Waals surface area contributed by atoms with Crippen LogP contribution in [0, 0.1) is 6.92 Å². The first-order chi connectivity index (χ1) is 13.2. The van der Waals surface area contributed by atoms with Crippen molar-refractivity contribution in [2.75, 3.05) is 5.32 Å². The Morgan fingerprint density at radius 3 is 2.29 bits per heavy atom. The Morgan fingerprint density at radius 2 is 1.64 bits per heavy atom. The number of nitrogens with one attached hydrogen (secondary N) is 1. The quantitative estimate of drug-likeness (QED) is 0.523. The molecule has 0 heterocycles. The van der Waals surface area contributed by atoms with Crippen molar-refractivity contribution in [3.63, 3.8) is 0 Å². The molecule has 0 bridgehead atoms. The Bertz CT molecular complexity index is 1000. The summed E-state index contributed by atoms with van der Waals surface area (Å²) < 4.78 is 44.3. The molecule has 0 fully saturated rings. The second-order valence-electron chi connectivity index (χ2n) is 6.09. The van der Waals surface area contributed by atoms with Crippen molar-refractivity contribution in [3.05, 3.63) is 88.4 Å². The van der Waals surface area contributed by atoms with Gasteiger partial charge in [-0.05, 0) is 67.1 Å². The molecule has 0 radical (unpaired) electrons. The van der Waals surface area contributed by atoms with Crippen molar-refractivity contribution >= 4 is 23.2 Å². The molecule has 0 aliphatic heterocycles. The van der Waals surface area contributed by atoms with Crippen LogP contribution in [-0.4, -0.2) is 5.91 Å². The predicted molar refractivity (Wildman–Crippen MR) is 102 cm³/mol. The Balaban J connectivity index is 1.72. The number of alkyl halides is 3. The molecule has 3 aromatic carbocycles. The zero-order chi connectivity index (χ0) is 20.3. The van der Waals surface area contributed by atoms with Gasteiger partial charge in [0.25, 0.3) is 5.91 Å². The molecule has 1 N–H and O–H groups in total. The van der Waals surface area contributed by atoms with Crippen molar-refractivity contribution in [1.29, 1.82) is 0 Å². The maximum atomic E-state index is 12.9. The second kappa shape index (κ2) is 7.94. The molecule has 0 aliphatic carbocycles. The first-order valence-electron chi connectivity index (χ1n) is 8.25. The molecule has 3 rings (SSSR count). The minimum absolute atomic E-state index is 0.0835. The fourth-order valence-corrected chi connectivity index (χ4v) is 2.78. The van der Waals surface area contributed by atoms with Crippen LogP contribution >= 0.6 is 11.6 Å². The Kier molecular flexibility index (Phi) is 5.61. The van der Waals surface area contributed by atoms with E-state index in [0.717, 1.165) is 12.1 Å². The van der Waals surface area contributed by atoms with E-state index in [4.69, 9.17) is 16.3 Å². The van der Waals surface area contributed by atoms with Gasteiger partial charge in [0.15, 0.2) is 0 Å². The number of carbonyl (C=O) groups excluding carboxylic acids is 1. The van der Waals surface area contributed by atoms with E-state index in [1.165, 1.54) is 6.07 Å². The molecule has 0 saturated carbocycles. The van der Waals surface area contributed by atoms with Crippen LogP contribution in [0.15, 0.2) is 66.7 Å². The van der Waals surface area contributed by atoms with Gasteiger partial charge in [0.1, 0.15) is 11.5 Å². The molecule has 144 valence electrons.